The second kappa shape index (κ2) is 6.62. The van der Waals surface area contributed by atoms with Crippen LogP contribution < -0.4 is 5.56 Å². The van der Waals surface area contributed by atoms with E-state index in [0.717, 1.165) is 28.2 Å². The number of nitrogens with zero attached hydrogens (tertiary/aromatic N) is 2. The smallest absolute Gasteiger partial charge is 0.263 e. The highest BCUT2D eigenvalue weighted by molar-refractivity contribution is 7.17. The minimum absolute atomic E-state index is 0.0440. The van der Waals surface area contributed by atoms with Crippen molar-refractivity contribution in [1.29, 1.82) is 0 Å². The van der Waals surface area contributed by atoms with Crippen LogP contribution in [0.25, 0.3) is 21.3 Å². The van der Waals surface area contributed by atoms with Gasteiger partial charge >= 0.3 is 0 Å². The number of benzene rings is 1. The average molecular weight is 336 g/mol. The van der Waals surface area contributed by atoms with Crippen LogP contribution in [-0.2, 0) is 13.0 Å². The van der Waals surface area contributed by atoms with Crippen LogP contribution in [0.1, 0.15) is 38.1 Å². The van der Waals surface area contributed by atoms with Gasteiger partial charge in [0.2, 0.25) is 0 Å². The van der Waals surface area contributed by atoms with E-state index in [0.29, 0.717) is 5.39 Å². The minimum atomic E-state index is -0.0440. The number of hydrogen-bond acceptors (Lipinski definition) is 3. The predicted octanol–water partition coefficient (Wildman–Crippen LogP) is 4.44. The molecule has 0 spiro atoms. The van der Waals surface area contributed by atoms with E-state index in [4.69, 9.17) is 11.4 Å². The monoisotopic (exact) mass is 336 g/mol. The summed E-state index contributed by atoms with van der Waals surface area (Å²) in [5.74, 6) is 3.47. The van der Waals surface area contributed by atoms with Gasteiger partial charge in [0.15, 0.2) is 0 Å². The Hall–Kier alpha value is -2.38. The lowest BCUT2D eigenvalue weighted by molar-refractivity contribution is 0.651. The predicted molar refractivity (Wildman–Crippen MR) is 102 cm³/mol. The van der Waals surface area contributed by atoms with Crippen molar-refractivity contribution < 1.29 is 0 Å². The number of thiophene rings is 1. The molecule has 3 rings (SSSR count). The molecule has 0 saturated carbocycles. The molecular weight excluding hydrogens is 316 g/mol. The average Bonchev–Trinajstić information content (AvgIpc) is 3.01. The van der Waals surface area contributed by atoms with Gasteiger partial charge in [-0.15, -0.1) is 17.8 Å². The maximum absolute atomic E-state index is 13.1. The van der Waals surface area contributed by atoms with Crippen molar-refractivity contribution >= 4 is 21.6 Å². The Morgan fingerprint density at radius 2 is 2.00 bits per heavy atom. The quantitative estimate of drug-likeness (QED) is 0.660. The minimum Gasteiger partial charge on any atom is -0.284 e. The third-order valence-electron chi connectivity index (χ3n) is 4.16. The van der Waals surface area contributed by atoms with Crippen LogP contribution in [0.15, 0.2) is 34.4 Å². The Bertz CT molecular complexity index is 972. The second-order valence-corrected chi connectivity index (χ2v) is 6.96. The van der Waals surface area contributed by atoms with E-state index in [1.165, 1.54) is 16.9 Å². The Kier molecular flexibility index (Phi) is 4.55. The summed E-state index contributed by atoms with van der Waals surface area (Å²) in [6.45, 7) is 6.43. The maximum Gasteiger partial charge on any atom is 0.263 e. The zero-order chi connectivity index (χ0) is 17.3. The Morgan fingerprint density at radius 3 is 2.58 bits per heavy atom. The van der Waals surface area contributed by atoms with E-state index < -0.39 is 0 Å². The highest BCUT2D eigenvalue weighted by Gasteiger charge is 2.18. The first-order chi connectivity index (χ1) is 11.6. The zero-order valence-corrected chi connectivity index (χ0v) is 15.0. The number of rotatable bonds is 4. The largest absolute Gasteiger partial charge is 0.284 e. The van der Waals surface area contributed by atoms with E-state index in [-0.39, 0.29) is 18.0 Å². The molecular formula is C20H20N2OS. The van der Waals surface area contributed by atoms with Crippen molar-refractivity contribution in [2.45, 2.75) is 39.7 Å². The summed E-state index contributed by atoms with van der Waals surface area (Å²) in [6, 6.07) is 8.35. The summed E-state index contributed by atoms with van der Waals surface area (Å²) < 4.78 is 1.63. The molecule has 0 amide bonds. The van der Waals surface area contributed by atoms with Crippen LogP contribution in [0.2, 0.25) is 0 Å². The lowest BCUT2D eigenvalue weighted by Crippen LogP contribution is -2.25. The standard InChI is InChI=1S/C20H20N2OS/c1-5-11-22-18(13(3)4)21-19-17(20(22)23)16(12-24-19)15-9-7-14(6-2)8-10-15/h1,7-10,12-13H,6,11H2,2-4H3. The highest BCUT2D eigenvalue weighted by Crippen LogP contribution is 2.32. The van der Waals surface area contributed by atoms with Crippen LogP contribution in [0.5, 0.6) is 0 Å². The number of terminal acetylenes is 1. The molecule has 122 valence electrons. The van der Waals surface area contributed by atoms with Crippen molar-refractivity contribution in [3.63, 3.8) is 0 Å². The fourth-order valence-corrected chi connectivity index (χ4v) is 3.80. The molecule has 0 aliphatic heterocycles. The lowest BCUT2D eigenvalue weighted by Gasteiger charge is -2.13. The molecule has 0 N–H and O–H groups in total. The van der Waals surface area contributed by atoms with Gasteiger partial charge in [0.05, 0.1) is 11.9 Å². The summed E-state index contributed by atoms with van der Waals surface area (Å²) in [5, 5.41) is 2.69. The van der Waals surface area contributed by atoms with Gasteiger partial charge in [-0.2, -0.15) is 0 Å². The topological polar surface area (TPSA) is 34.9 Å². The SMILES string of the molecule is C#CCn1c(C(C)C)nc2scc(-c3ccc(CC)cc3)c2c1=O. The molecule has 0 bridgehead atoms. The first-order valence-corrected chi connectivity index (χ1v) is 8.99. The summed E-state index contributed by atoms with van der Waals surface area (Å²) in [6.07, 6.45) is 6.46. The van der Waals surface area contributed by atoms with Crippen molar-refractivity contribution in [2.24, 2.45) is 0 Å². The van der Waals surface area contributed by atoms with E-state index in [1.807, 2.05) is 19.2 Å². The van der Waals surface area contributed by atoms with Gasteiger partial charge in [-0.05, 0) is 17.5 Å². The third kappa shape index (κ3) is 2.76. The van der Waals surface area contributed by atoms with Crippen LogP contribution >= 0.6 is 11.3 Å². The number of aromatic nitrogens is 2. The van der Waals surface area contributed by atoms with E-state index in [1.54, 1.807) is 4.57 Å². The van der Waals surface area contributed by atoms with Crippen LogP contribution in [-0.4, -0.2) is 9.55 Å². The van der Waals surface area contributed by atoms with Crippen LogP contribution in [0, 0.1) is 12.3 Å². The summed E-state index contributed by atoms with van der Waals surface area (Å²) in [7, 11) is 0. The molecule has 2 aromatic heterocycles. The molecule has 24 heavy (non-hydrogen) atoms. The highest BCUT2D eigenvalue weighted by atomic mass is 32.1. The molecule has 0 saturated heterocycles. The fourth-order valence-electron chi connectivity index (χ4n) is 2.86. The van der Waals surface area contributed by atoms with Gasteiger partial charge in [-0.1, -0.05) is 51.0 Å². The Labute approximate surface area is 146 Å². The molecule has 0 unspecified atom stereocenters. The van der Waals surface area contributed by atoms with Crippen LogP contribution in [0.3, 0.4) is 0 Å². The first-order valence-electron chi connectivity index (χ1n) is 8.11. The van der Waals surface area contributed by atoms with E-state index in [9.17, 15) is 4.79 Å². The van der Waals surface area contributed by atoms with Crippen molar-refractivity contribution in [3.8, 4) is 23.5 Å². The molecule has 3 nitrogen and oxygen atoms in total. The molecule has 4 heteroatoms. The van der Waals surface area contributed by atoms with Gasteiger partial charge in [0.1, 0.15) is 10.7 Å². The number of aryl methyl sites for hydroxylation is 1. The summed E-state index contributed by atoms with van der Waals surface area (Å²) in [4.78, 5) is 18.6. The molecule has 0 aliphatic rings. The second-order valence-electron chi connectivity index (χ2n) is 6.10. The lowest BCUT2D eigenvalue weighted by atomic mass is 10.0. The molecule has 0 radical (unpaired) electrons. The van der Waals surface area contributed by atoms with Gasteiger partial charge in [0, 0.05) is 16.9 Å². The van der Waals surface area contributed by atoms with Crippen molar-refractivity contribution in [3.05, 3.63) is 51.4 Å². The third-order valence-corrected chi connectivity index (χ3v) is 5.03. The molecule has 0 aliphatic carbocycles. The van der Waals surface area contributed by atoms with Crippen molar-refractivity contribution in [2.75, 3.05) is 0 Å². The molecule has 2 heterocycles. The normalized spacial score (nSPS) is 11.1. The molecule has 0 atom stereocenters. The van der Waals surface area contributed by atoms with Crippen LogP contribution in [0.4, 0.5) is 0 Å². The summed E-state index contributed by atoms with van der Waals surface area (Å²) >= 11 is 1.52. The first kappa shape index (κ1) is 16.5. The summed E-state index contributed by atoms with van der Waals surface area (Å²) in [5.41, 5.74) is 3.22. The molecule has 0 fully saturated rings. The Morgan fingerprint density at radius 1 is 1.29 bits per heavy atom. The van der Waals surface area contributed by atoms with E-state index >= 15 is 0 Å². The van der Waals surface area contributed by atoms with Gasteiger partial charge < -0.3 is 0 Å². The van der Waals surface area contributed by atoms with Crippen molar-refractivity contribution in [1.82, 2.24) is 9.55 Å². The number of fused-ring (bicyclic) bond motifs is 1. The zero-order valence-electron chi connectivity index (χ0n) is 14.2. The van der Waals surface area contributed by atoms with Gasteiger partial charge in [0.25, 0.3) is 5.56 Å². The number of hydrogen-bond donors (Lipinski definition) is 0. The fraction of sp³-hybridized carbons (Fsp3) is 0.300. The molecule has 3 aromatic rings. The Balaban J connectivity index is 2.26. The van der Waals surface area contributed by atoms with E-state index in [2.05, 4.69) is 37.1 Å². The van der Waals surface area contributed by atoms with Gasteiger partial charge in [-0.3, -0.25) is 9.36 Å². The molecule has 1 aromatic carbocycles. The van der Waals surface area contributed by atoms with Gasteiger partial charge in [-0.25, -0.2) is 4.98 Å². The maximum atomic E-state index is 13.1.